The van der Waals surface area contributed by atoms with Gasteiger partial charge in [0, 0.05) is 0 Å². The molecule has 4 aromatic carbocycles. The summed E-state index contributed by atoms with van der Waals surface area (Å²) >= 11 is 0. The van der Waals surface area contributed by atoms with Gasteiger partial charge in [0.2, 0.25) is 0 Å². The Hall–Kier alpha value is -4.36. The van der Waals surface area contributed by atoms with Crippen molar-refractivity contribution >= 4 is 0 Å². The molecule has 0 aliphatic carbocycles. The highest BCUT2D eigenvalue weighted by Crippen LogP contribution is 2.37. The fraction of sp³-hybridized carbons (Fsp3) is 0.133. The van der Waals surface area contributed by atoms with Gasteiger partial charge in [-0.3, -0.25) is 0 Å². The molecule has 2 heterocycles. The summed E-state index contributed by atoms with van der Waals surface area (Å²) in [6.45, 7) is 0.986. The molecule has 0 N–H and O–H groups in total. The first-order valence-corrected chi connectivity index (χ1v) is 11.4. The number of nitrogens with zero attached hydrogens (tertiary/aromatic N) is 2. The van der Waals surface area contributed by atoms with E-state index in [4.69, 9.17) is 20.0 Å². The van der Waals surface area contributed by atoms with Crippen molar-refractivity contribution in [2.45, 2.75) is 25.4 Å². The molecule has 2 atom stereocenters. The molecule has 0 saturated heterocycles. The van der Waals surface area contributed by atoms with Gasteiger partial charge in [-0.1, -0.05) is 36.4 Å². The van der Waals surface area contributed by atoms with Gasteiger partial charge >= 0.3 is 0 Å². The molecular weight excluding hydrogens is 458 g/mol. The quantitative estimate of drug-likeness (QED) is 0.324. The monoisotopic (exact) mass is 478 g/mol. The summed E-state index contributed by atoms with van der Waals surface area (Å²) in [5, 5.41) is 17.7. The predicted octanol–water partition coefficient (Wildman–Crippen LogP) is 6.63. The second-order valence-corrected chi connectivity index (χ2v) is 8.54. The molecule has 0 aromatic heterocycles. The van der Waals surface area contributed by atoms with Crippen molar-refractivity contribution in [3.05, 3.63) is 141 Å². The van der Waals surface area contributed by atoms with Crippen LogP contribution in [0.3, 0.4) is 0 Å². The molecule has 176 valence electrons. The van der Waals surface area contributed by atoms with E-state index in [2.05, 4.69) is 12.1 Å². The molecule has 0 amide bonds. The maximum Gasteiger partial charge on any atom is 0.123 e. The van der Waals surface area contributed by atoms with Crippen molar-refractivity contribution in [3.8, 4) is 12.1 Å². The summed E-state index contributed by atoms with van der Waals surface area (Å²) < 4.78 is 37.2. The Kier molecular flexibility index (Phi) is 6.56. The van der Waals surface area contributed by atoms with E-state index in [9.17, 15) is 8.78 Å². The van der Waals surface area contributed by atoms with Crippen LogP contribution in [0.15, 0.2) is 84.9 Å². The number of hydrogen-bond acceptors (Lipinski definition) is 4. The van der Waals surface area contributed by atoms with Crippen LogP contribution >= 0.6 is 0 Å². The van der Waals surface area contributed by atoms with Crippen LogP contribution in [0, 0.1) is 34.3 Å². The average Bonchev–Trinajstić information content (AvgIpc) is 3.53. The molecular formula is C30H20F2N2O2. The van der Waals surface area contributed by atoms with Crippen molar-refractivity contribution in [1.29, 1.82) is 10.5 Å². The third kappa shape index (κ3) is 4.74. The Morgan fingerprint density at radius 2 is 0.972 bits per heavy atom. The largest absolute Gasteiger partial charge is 0.364 e. The lowest BCUT2D eigenvalue weighted by molar-refractivity contribution is 0.0938. The van der Waals surface area contributed by atoms with E-state index in [1.54, 1.807) is 36.4 Å². The van der Waals surface area contributed by atoms with Crippen LogP contribution in [-0.4, -0.2) is 0 Å². The van der Waals surface area contributed by atoms with E-state index >= 15 is 0 Å². The first kappa shape index (κ1) is 23.4. The highest BCUT2D eigenvalue weighted by molar-refractivity contribution is 5.45. The van der Waals surface area contributed by atoms with E-state index in [0.29, 0.717) is 24.3 Å². The van der Waals surface area contributed by atoms with E-state index in [0.717, 1.165) is 33.4 Å². The van der Waals surface area contributed by atoms with Gasteiger partial charge in [-0.25, -0.2) is 8.78 Å². The van der Waals surface area contributed by atoms with E-state index in [-0.39, 0.29) is 23.8 Å². The number of hydrogen-bond donors (Lipinski definition) is 0. The standard InChI is InChI=1S/2C15H10FNO/c2*16-13-4-2-11(3-5-13)15-14-6-1-10(8-17)7-12(14)9-18-15/h2*1-7,15H,9H2/t2*15-/m00/s1. The normalized spacial score (nSPS) is 17.2. The maximum absolute atomic E-state index is 12.9. The molecule has 0 bridgehead atoms. The van der Waals surface area contributed by atoms with Crippen molar-refractivity contribution in [1.82, 2.24) is 0 Å². The van der Waals surface area contributed by atoms with Crippen molar-refractivity contribution < 1.29 is 18.3 Å². The maximum atomic E-state index is 12.9. The second-order valence-electron chi connectivity index (χ2n) is 8.54. The van der Waals surface area contributed by atoms with Gasteiger partial charge in [0.05, 0.1) is 36.5 Å². The molecule has 6 heteroatoms. The molecule has 0 radical (unpaired) electrons. The van der Waals surface area contributed by atoms with Gasteiger partial charge in [0.25, 0.3) is 0 Å². The van der Waals surface area contributed by atoms with Crippen LogP contribution in [0.2, 0.25) is 0 Å². The lowest BCUT2D eigenvalue weighted by Gasteiger charge is -2.11. The summed E-state index contributed by atoms with van der Waals surface area (Å²) in [6.07, 6.45) is -0.318. The van der Waals surface area contributed by atoms with Gasteiger partial charge < -0.3 is 9.47 Å². The molecule has 36 heavy (non-hydrogen) atoms. The minimum atomic E-state index is -0.253. The Balaban J connectivity index is 0.000000148. The van der Waals surface area contributed by atoms with Crippen molar-refractivity contribution in [2.75, 3.05) is 0 Å². The van der Waals surface area contributed by atoms with Crippen LogP contribution in [0.25, 0.3) is 0 Å². The number of benzene rings is 4. The Bertz CT molecular complexity index is 1370. The summed E-state index contributed by atoms with van der Waals surface area (Å²) in [6, 6.07) is 27.9. The molecule has 2 aliphatic heterocycles. The number of fused-ring (bicyclic) bond motifs is 2. The lowest BCUT2D eigenvalue weighted by Crippen LogP contribution is -1.98. The van der Waals surface area contributed by atoms with Gasteiger partial charge in [0.1, 0.15) is 23.8 Å². The number of halogens is 2. The third-order valence-electron chi connectivity index (χ3n) is 6.27. The van der Waals surface area contributed by atoms with Gasteiger partial charge in [-0.2, -0.15) is 10.5 Å². The smallest absolute Gasteiger partial charge is 0.123 e. The van der Waals surface area contributed by atoms with Crippen LogP contribution in [0.5, 0.6) is 0 Å². The molecule has 6 rings (SSSR count). The number of rotatable bonds is 2. The van der Waals surface area contributed by atoms with E-state index < -0.39 is 0 Å². The molecule has 0 spiro atoms. The topological polar surface area (TPSA) is 66.0 Å². The first-order valence-electron chi connectivity index (χ1n) is 11.4. The van der Waals surface area contributed by atoms with Crippen LogP contribution in [-0.2, 0) is 22.7 Å². The zero-order chi connectivity index (χ0) is 25.1. The van der Waals surface area contributed by atoms with Gasteiger partial charge in [-0.05, 0) is 81.9 Å². The van der Waals surface area contributed by atoms with Crippen LogP contribution in [0.1, 0.15) is 56.7 Å². The molecule has 0 unspecified atom stereocenters. The molecule has 4 nitrogen and oxygen atoms in total. The lowest BCUT2D eigenvalue weighted by atomic mass is 9.98. The Morgan fingerprint density at radius 3 is 1.33 bits per heavy atom. The molecule has 4 aromatic rings. The number of ether oxygens (including phenoxy) is 2. The third-order valence-corrected chi connectivity index (χ3v) is 6.27. The summed E-state index contributed by atoms with van der Waals surface area (Å²) in [7, 11) is 0. The van der Waals surface area contributed by atoms with Crippen LogP contribution in [0.4, 0.5) is 8.78 Å². The predicted molar refractivity (Wildman–Crippen MR) is 128 cm³/mol. The molecule has 0 saturated carbocycles. The zero-order valence-electron chi connectivity index (χ0n) is 19.1. The van der Waals surface area contributed by atoms with E-state index in [1.807, 2.05) is 24.3 Å². The summed E-state index contributed by atoms with van der Waals surface area (Å²) in [4.78, 5) is 0. The van der Waals surface area contributed by atoms with Gasteiger partial charge in [0.15, 0.2) is 0 Å². The Morgan fingerprint density at radius 1 is 0.583 bits per heavy atom. The number of nitriles is 2. The summed E-state index contributed by atoms with van der Waals surface area (Å²) in [5.74, 6) is -0.506. The fourth-order valence-electron chi connectivity index (χ4n) is 4.46. The Labute approximate surface area is 207 Å². The first-order chi connectivity index (χ1) is 17.6. The molecule has 2 aliphatic rings. The van der Waals surface area contributed by atoms with Gasteiger partial charge in [-0.15, -0.1) is 0 Å². The minimum absolute atomic E-state index is 0.159. The van der Waals surface area contributed by atoms with Crippen LogP contribution < -0.4 is 0 Å². The van der Waals surface area contributed by atoms with Crippen molar-refractivity contribution in [2.24, 2.45) is 0 Å². The highest BCUT2D eigenvalue weighted by Gasteiger charge is 2.26. The minimum Gasteiger partial charge on any atom is -0.364 e. The zero-order valence-corrected chi connectivity index (χ0v) is 19.1. The second kappa shape index (κ2) is 10.1. The highest BCUT2D eigenvalue weighted by atomic mass is 19.1. The average molecular weight is 478 g/mol. The fourth-order valence-corrected chi connectivity index (χ4v) is 4.46. The summed E-state index contributed by atoms with van der Waals surface area (Å²) in [5.41, 5.74) is 7.31. The SMILES string of the molecule is N#Cc1ccc2c(c1)CO[C@H]2c1ccc(F)cc1.N#Cc1ccc2c(c1)CO[C@H]2c1ccc(F)cc1. The van der Waals surface area contributed by atoms with Crippen molar-refractivity contribution in [3.63, 3.8) is 0 Å². The molecule has 0 fully saturated rings. The van der Waals surface area contributed by atoms with E-state index in [1.165, 1.54) is 24.3 Å².